The highest BCUT2D eigenvalue weighted by molar-refractivity contribution is 9.10. The summed E-state index contributed by atoms with van der Waals surface area (Å²) >= 11 is 9.40. The molecule has 0 aliphatic carbocycles. The van der Waals surface area contributed by atoms with Crippen LogP contribution in [0.5, 0.6) is 17.5 Å². The molecule has 4 rings (SSSR count). The molecule has 1 unspecified atom stereocenters. The highest BCUT2D eigenvalue weighted by atomic mass is 79.9. The van der Waals surface area contributed by atoms with Crippen molar-refractivity contribution in [3.05, 3.63) is 69.4 Å². The van der Waals surface area contributed by atoms with Crippen molar-refractivity contribution in [1.82, 2.24) is 19.8 Å². The van der Waals surface area contributed by atoms with Crippen molar-refractivity contribution in [3.8, 4) is 17.5 Å². The zero-order valence-electron chi connectivity index (χ0n) is 23.7. The molecule has 1 saturated heterocycles. The van der Waals surface area contributed by atoms with Crippen LogP contribution in [0.1, 0.15) is 41.7 Å². The van der Waals surface area contributed by atoms with Gasteiger partial charge in [-0.3, -0.25) is 14.2 Å². The molecule has 2 amide bonds. The molecule has 1 atom stereocenters. The zero-order valence-corrected chi connectivity index (χ0v) is 26.1. The number of nitrogens with zero attached hydrogens (tertiary/aromatic N) is 3. The van der Waals surface area contributed by atoms with Gasteiger partial charge < -0.3 is 29.2 Å². The topological polar surface area (TPSA) is 104 Å². The lowest BCUT2D eigenvalue weighted by molar-refractivity contribution is -0.274. The van der Waals surface area contributed by atoms with Gasteiger partial charge in [0.05, 0.1) is 19.7 Å². The van der Waals surface area contributed by atoms with Gasteiger partial charge in [-0.2, -0.15) is 4.98 Å². The van der Waals surface area contributed by atoms with Crippen molar-refractivity contribution < 1.29 is 41.7 Å². The van der Waals surface area contributed by atoms with Crippen molar-refractivity contribution in [1.29, 1.82) is 0 Å². The van der Waals surface area contributed by atoms with E-state index in [1.165, 1.54) is 28.6 Å². The first kappa shape index (κ1) is 33.6. The quantitative estimate of drug-likeness (QED) is 0.213. The van der Waals surface area contributed by atoms with E-state index < -0.39 is 18.0 Å². The second-order valence-corrected chi connectivity index (χ2v) is 11.0. The van der Waals surface area contributed by atoms with Crippen LogP contribution in [0, 0.1) is 0 Å². The lowest BCUT2D eigenvalue weighted by Crippen LogP contribution is -2.41. The molecule has 1 fully saturated rings. The van der Waals surface area contributed by atoms with Gasteiger partial charge >= 0.3 is 12.4 Å². The Balaban J connectivity index is 1.62. The Labute approximate surface area is 265 Å². The number of carbonyl (C=O) groups is 2. The highest BCUT2D eigenvalue weighted by Gasteiger charge is 2.32. The standard InChI is InChI=1S/C29H31BrClF3N4O6/c1-35-23(39)18-37(13-5-15-42-24-8-2-3-14-41-24)27(40)25-26(30)36-28(38(25)17-19-9-11-20(31)12-10-19)43-21-6-4-7-22(16-21)44-29(32,33)34/h4,6-7,9-12,16,24H,2-3,5,8,13-15,17-18H2,1H3,(H,35,39). The van der Waals surface area contributed by atoms with Crippen molar-refractivity contribution in [2.45, 2.75) is 44.9 Å². The Kier molecular flexibility index (Phi) is 11.9. The van der Waals surface area contributed by atoms with E-state index in [9.17, 15) is 22.8 Å². The Hall–Kier alpha value is -3.33. The van der Waals surface area contributed by atoms with E-state index in [4.69, 9.17) is 25.8 Å². The molecule has 0 spiro atoms. The number of halogens is 5. The molecule has 0 saturated carbocycles. The fourth-order valence-electron chi connectivity index (χ4n) is 4.41. The van der Waals surface area contributed by atoms with Gasteiger partial charge in [0.15, 0.2) is 6.29 Å². The molecule has 44 heavy (non-hydrogen) atoms. The Morgan fingerprint density at radius 3 is 2.61 bits per heavy atom. The molecule has 1 aromatic heterocycles. The minimum atomic E-state index is -4.89. The van der Waals surface area contributed by atoms with Crippen LogP contribution in [-0.4, -0.2) is 72.3 Å². The van der Waals surface area contributed by atoms with Gasteiger partial charge in [-0.25, -0.2) is 0 Å². The zero-order chi connectivity index (χ0) is 31.7. The third-order valence-corrected chi connectivity index (χ3v) is 7.31. The van der Waals surface area contributed by atoms with E-state index >= 15 is 0 Å². The van der Waals surface area contributed by atoms with E-state index in [0.29, 0.717) is 24.7 Å². The molecule has 2 aromatic carbocycles. The maximum absolute atomic E-state index is 14.0. The van der Waals surface area contributed by atoms with Crippen LogP contribution in [0.3, 0.4) is 0 Å². The first-order valence-corrected chi connectivity index (χ1v) is 15.0. The van der Waals surface area contributed by atoms with Crippen molar-refractivity contribution in [2.75, 3.05) is 33.4 Å². The first-order chi connectivity index (χ1) is 21.0. The van der Waals surface area contributed by atoms with Crippen LogP contribution >= 0.6 is 27.5 Å². The molecule has 10 nitrogen and oxygen atoms in total. The average molecular weight is 704 g/mol. The summed E-state index contributed by atoms with van der Waals surface area (Å²) in [6, 6.07) is 11.7. The van der Waals surface area contributed by atoms with Crippen molar-refractivity contribution in [2.24, 2.45) is 0 Å². The summed E-state index contributed by atoms with van der Waals surface area (Å²) in [5.74, 6) is -1.41. The Morgan fingerprint density at radius 2 is 1.93 bits per heavy atom. The van der Waals surface area contributed by atoms with Crippen LogP contribution in [-0.2, 0) is 20.8 Å². The number of hydrogen-bond donors (Lipinski definition) is 1. The lowest BCUT2D eigenvalue weighted by Gasteiger charge is -2.25. The number of aromatic nitrogens is 2. The second kappa shape index (κ2) is 15.6. The number of amides is 2. The van der Waals surface area contributed by atoms with Gasteiger partial charge in [0.1, 0.15) is 21.8 Å². The summed E-state index contributed by atoms with van der Waals surface area (Å²) in [6.07, 6.45) is -1.95. The van der Waals surface area contributed by atoms with Gasteiger partial charge in [-0.05, 0) is 71.4 Å². The maximum Gasteiger partial charge on any atom is 0.573 e. The number of alkyl halides is 3. The van der Waals surface area contributed by atoms with Crippen molar-refractivity contribution >= 4 is 39.3 Å². The Morgan fingerprint density at radius 1 is 1.18 bits per heavy atom. The fraction of sp³-hybridized carbons (Fsp3) is 0.414. The number of benzene rings is 2. The molecule has 0 bridgehead atoms. The largest absolute Gasteiger partial charge is 0.573 e. The van der Waals surface area contributed by atoms with Crippen LogP contribution in [0.15, 0.2) is 53.1 Å². The van der Waals surface area contributed by atoms with Crippen molar-refractivity contribution in [3.63, 3.8) is 0 Å². The van der Waals surface area contributed by atoms with E-state index in [1.807, 2.05) is 0 Å². The lowest BCUT2D eigenvalue weighted by atomic mass is 10.2. The Bertz CT molecular complexity index is 1420. The van der Waals surface area contributed by atoms with Crippen LogP contribution in [0.2, 0.25) is 5.02 Å². The first-order valence-electron chi connectivity index (χ1n) is 13.8. The number of likely N-dealkylation sites (N-methyl/N-ethyl adjacent to an activating group) is 1. The number of rotatable bonds is 13. The summed E-state index contributed by atoms with van der Waals surface area (Å²) < 4.78 is 61.3. The number of hydrogen-bond acceptors (Lipinski definition) is 7. The SMILES string of the molecule is CNC(=O)CN(CCCOC1CCCCO1)C(=O)c1c(Br)nc(Oc2cccc(OC(F)(F)F)c2)n1Cc1ccc(Cl)cc1. The average Bonchev–Trinajstić information content (AvgIpc) is 3.28. The normalized spacial score (nSPS) is 15.1. The minimum Gasteiger partial charge on any atom is -0.425 e. The molecular weight excluding hydrogens is 673 g/mol. The van der Waals surface area contributed by atoms with E-state index in [-0.39, 0.29) is 53.9 Å². The summed E-state index contributed by atoms with van der Waals surface area (Å²) in [6.45, 7) is 0.992. The number of ether oxygens (including phenoxy) is 4. The molecular formula is C29H31BrClF3N4O6. The maximum atomic E-state index is 14.0. The van der Waals surface area contributed by atoms with E-state index in [0.717, 1.165) is 37.0 Å². The summed E-state index contributed by atoms with van der Waals surface area (Å²) in [7, 11) is 1.47. The summed E-state index contributed by atoms with van der Waals surface area (Å²) in [5.41, 5.74) is 0.796. The van der Waals surface area contributed by atoms with Gasteiger partial charge in [0, 0.05) is 31.3 Å². The van der Waals surface area contributed by atoms with E-state index in [1.54, 1.807) is 24.3 Å². The van der Waals surface area contributed by atoms with Gasteiger partial charge in [0.2, 0.25) is 5.91 Å². The number of carbonyl (C=O) groups excluding carboxylic acids is 2. The summed E-state index contributed by atoms with van der Waals surface area (Å²) in [5, 5.41) is 3.04. The van der Waals surface area contributed by atoms with Crippen LogP contribution in [0.4, 0.5) is 13.2 Å². The monoisotopic (exact) mass is 702 g/mol. The molecule has 2 heterocycles. The molecule has 1 aliphatic heterocycles. The highest BCUT2D eigenvalue weighted by Crippen LogP contribution is 2.32. The molecule has 0 radical (unpaired) electrons. The van der Waals surface area contributed by atoms with Gasteiger partial charge in [-0.1, -0.05) is 29.8 Å². The number of imidazole rings is 1. The van der Waals surface area contributed by atoms with Gasteiger partial charge in [0.25, 0.3) is 5.91 Å². The summed E-state index contributed by atoms with van der Waals surface area (Å²) in [4.78, 5) is 32.1. The van der Waals surface area contributed by atoms with Crippen LogP contribution in [0.25, 0.3) is 0 Å². The molecule has 1 N–H and O–H groups in total. The number of nitrogens with one attached hydrogen (secondary N) is 1. The third kappa shape index (κ3) is 9.84. The predicted molar refractivity (Wildman–Crippen MR) is 158 cm³/mol. The second-order valence-electron chi connectivity index (χ2n) is 9.79. The third-order valence-electron chi connectivity index (χ3n) is 6.51. The predicted octanol–water partition coefficient (Wildman–Crippen LogP) is 6.16. The fourth-order valence-corrected chi connectivity index (χ4v) is 5.07. The van der Waals surface area contributed by atoms with Gasteiger partial charge in [-0.15, -0.1) is 13.2 Å². The minimum absolute atomic E-state index is 0.00935. The smallest absolute Gasteiger partial charge is 0.425 e. The molecule has 238 valence electrons. The molecule has 3 aromatic rings. The molecule has 1 aliphatic rings. The molecule has 15 heteroatoms. The van der Waals surface area contributed by atoms with E-state index in [2.05, 4.69) is 31.0 Å². The van der Waals surface area contributed by atoms with Crippen LogP contribution < -0.4 is 14.8 Å².